The Morgan fingerprint density at radius 1 is 1.33 bits per heavy atom. The molecule has 1 heterocycles. The molecular formula is C14H16ClN3. The van der Waals surface area contributed by atoms with Crippen LogP contribution in [0.15, 0.2) is 42.9 Å². The first kappa shape index (κ1) is 13.0. The van der Waals surface area contributed by atoms with Gasteiger partial charge < -0.3 is 5.32 Å². The van der Waals surface area contributed by atoms with Gasteiger partial charge in [0.1, 0.15) is 0 Å². The molecule has 0 aliphatic heterocycles. The van der Waals surface area contributed by atoms with E-state index >= 15 is 0 Å². The van der Waals surface area contributed by atoms with Crippen molar-refractivity contribution in [2.24, 2.45) is 0 Å². The Hall–Kier alpha value is -1.45. The molecule has 0 spiro atoms. The lowest BCUT2D eigenvalue weighted by Gasteiger charge is -2.13. The second kappa shape index (κ2) is 6.47. The van der Waals surface area contributed by atoms with E-state index in [4.69, 9.17) is 11.6 Å². The molecule has 0 aliphatic rings. The van der Waals surface area contributed by atoms with E-state index in [2.05, 4.69) is 28.3 Å². The molecule has 0 bridgehead atoms. The van der Waals surface area contributed by atoms with Gasteiger partial charge in [-0.3, -0.25) is 9.97 Å². The van der Waals surface area contributed by atoms with Gasteiger partial charge in [0.15, 0.2) is 0 Å². The van der Waals surface area contributed by atoms with Crippen LogP contribution in [-0.2, 0) is 13.0 Å². The van der Waals surface area contributed by atoms with E-state index in [-0.39, 0.29) is 0 Å². The van der Waals surface area contributed by atoms with Crippen molar-refractivity contribution in [3.05, 3.63) is 59.1 Å². The van der Waals surface area contributed by atoms with Gasteiger partial charge in [-0.05, 0) is 31.0 Å². The van der Waals surface area contributed by atoms with Crippen molar-refractivity contribution in [1.29, 1.82) is 0 Å². The van der Waals surface area contributed by atoms with Crippen LogP contribution in [0.25, 0.3) is 0 Å². The number of nitrogens with zero attached hydrogens (tertiary/aromatic N) is 2. The van der Waals surface area contributed by atoms with Gasteiger partial charge in [0.05, 0.1) is 5.69 Å². The van der Waals surface area contributed by atoms with Gasteiger partial charge in [-0.2, -0.15) is 0 Å². The summed E-state index contributed by atoms with van der Waals surface area (Å²) in [4.78, 5) is 8.26. The van der Waals surface area contributed by atoms with Gasteiger partial charge >= 0.3 is 0 Å². The van der Waals surface area contributed by atoms with Crippen molar-refractivity contribution in [1.82, 2.24) is 15.3 Å². The number of halogens is 1. The van der Waals surface area contributed by atoms with E-state index in [1.807, 2.05) is 18.2 Å². The van der Waals surface area contributed by atoms with Crippen LogP contribution in [0.2, 0.25) is 5.02 Å². The lowest BCUT2D eigenvalue weighted by atomic mass is 10.1. The third-order valence-electron chi connectivity index (χ3n) is 2.68. The SMILES string of the molecule is CC(Cc1cccc(Cl)c1)NCc1cnccn1. The zero-order valence-corrected chi connectivity index (χ0v) is 11.1. The molecule has 1 unspecified atom stereocenters. The summed E-state index contributed by atoms with van der Waals surface area (Å²) in [6.45, 7) is 2.88. The minimum Gasteiger partial charge on any atom is -0.308 e. The van der Waals surface area contributed by atoms with Crippen LogP contribution < -0.4 is 5.32 Å². The number of nitrogens with one attached hydrogen (secondary N) is 1. The fourth-order valence-electron chi connectivity index (χ4n) is 1.79. The zero-order chi connectivity index (χ0) is 12.8. The summed E-state index contributed by atoms with van der Waals surface area (Å²) in [5, 5.41) is 4.21. The van der Waals surface area contributed by atoms with Crippen LogP contribution in [0.4, 0.5) is 0 Å². The third-order valence-corrected chi connectivity index (χ3v) is 2.91. The van der Waals surface area contributed by atoms with Gasteiger partial charge in [-0.15, -0.1) is 0 Å². The average Bonchev–Trinajstić information content (AvgIpc) is 2.38. The standard InChI is InChI=1S/C14H16ClN3/c1-11(7-12-3-2-4-13(15)8-12)18-10-14-9-16-5-6-17-14/h2-6,8-9,11,18H,7,10H2,1H3. The number of benzene rings is 1. The minimum absolute atomic E-state index is 0.366. The average molecular weight is 262 g/mol. The third kappa shape index (κ3) is 4.09. The molecule has 0 saturated carbocycles. The summed E-state index contributed by atoms with van der Waals surface area (Å²) in [5.74, 6) is 0. The van der Waals surface area contributed by atoms with Crippen molar-refractivity contribution in [2.45, 2.75) is 25.9 Å². The highest BCUT2D eigenvalue weighted by molar-refractivity contribution is 6.30. The smallest absolute Gasteiger partial charge is 0.0724 e. The molecular weight excluding hydrogens is 246 g/mol. The summed E-state index contributed by atoms with van der Waals surface area (Å²) in [6.07, 6.45) is 6.11. The first-order valence-electron chi connectivity index (χ1n) is 5.97. The van der Waals surface area contributed by atoms with Gasteiger partial charge in [-0.25, -0.2) is 0 Å². The molecule has 1 aromatic carbocycles. The fraction of sp³-hybridized carbons (Fsp3) is 0.286. The largest absolute Gasteiger partial charge is 0.308 e. The van der Waals surface area contributed by atoms with Crippen molar-refractivity contribution >= 4 is 11.6 Å². The van der Waals surface area contributed by atoms with E-state index in [0.29, 0.717) is 6.04 Å². The van der Waals surface area contributed by atoms with Crippen LogP contribution in [0.1, 0.15) is 18.2 Å². The van der Waals surface area contributed by atoms with Gasteiger partial charge in [0.25, 0.3) is 0 Å². The van der Waals surface area contributed by atoms with Gasteiger partial charge in [-0.1, -0.05) is 23.7 Å². The molecule has 0 saturated heterocycles. The highest BCUT2D eigenvalue weighted by atomic mass is 35.5. The number of aromatic nitrogens is 2. The molecule has 2 aromatic rings. The summed E-state index contributed by atoms with van der Waals surface area (Å²) in [7, 11) is 0. The number of rotatable bonds is 5. The molecule has 18 heavy (non-hydrogen) atoms. The summed E-state index contributed by atoms with van der Waals surface area (Å²) in [5.41, 5.74) is 2.19. The van der Waals surface area contributed by atoms with E-state index in [1.165, 1.54) is 5.56 Å². The Kier molecular flexibility index (Phi) is 4.67. The lowest BCUT2D eigenvalue weighted by Crippen LogP contribution is -2.27. The second-order valence-corrected chi connectivity index (χ2v) is 4.75. The summed E-state index contributed by atoms with van der Waals surface area (Å²) >= 11 is 5.96. The quantitative estimate of drug-likeness (QED) is 0.899. The lowest BCUT2D eigenvalue weighted by molar-refractivity contribution is 0.539. The number of hydrogen-bond acceptors (Lipinski definition) is 3. The van der Waals surface area contributed by atoms with Crippen molar-refractivity contribution < 1.29 is 0 Å². The van der Waals surface area contributed by atoms with Crippen molar-refractivity contribution in [2.75, 3.05) is 0 Å². The Bertz CT molecular complexity index is 487. The molecule has 1 aromatic heterocycles. The molecule has 0 radical (unpaired) electrons. The maximum absolute atomic E-state index is 5.96. The predicted molar refractivity (Wildman–Crippen MR) is 73.5 cm³/mol. The minimum atomic E-state index is 0.366. The zero-order valence-electron chi connectivity index (χ0n) is 10.3. The molecule has 0 amide bonds. The Morgan fingerprint density at radius 3 is 2.94 bits per heavy atom. The highest BCUT2D eigenvalue weighted by Gasteiger charge is 2.04. The van der Waals surface area contributed by atoms with Crippen LogP contribution in [0, 0.1) is 0 Å². The van der Waals surface area contributed by atoms with Gasteiger partial charge in [0, 0.05) is 36.2 Å². The highest BCUT2D eigenvalue weighted by Crippen LogP contribution is 2.12. The maximum atomic E-state index is 5.96. The monoisotopic (exact) mass is 261 g/mol. The van der Waals surface area contributed by atoms with Crippen LogP contribution in [0.5, 0.6) is 0 Å². The predicted octanol–water partition coefficient (Wildman–Crippen LogP) is 2.85. The summed E-state index contributed by atoms with van der Waals surface area (Å²) < 4.78 is 0. The Morgan fingerprint density at radius 2 is 2.22 bits per heavy atom. The second-order valence-electron chi connectivity index (χ2n) is 4.31. The molecule has 1 N–H and O–H groups in total. The normalized spacial score (nSPS) is 12.3. The number of hydrogen-bond donors (Lipinski definition) is 1. The molecule has 3 nitrogen and oxygen atoms in total. The topological polar surface area (TPSA) is 37.8 Å². The Labute approximate surface area is 112 Å². The first-order valence-corrected chi connectivity index (χ1v) is 6.34. The van der Waals surface area contributed by atoms with E-state index < -0.39 is 0 Å². The van der Waals surface area contributed by atoms with Gasteiger partial charge in [0.2, 0.25) is 0 Å². The van der Waals surface area contributed by atoms with Crippen molar-refractivity contribution in [3.63, 3.8) is 0 Å². The Balaban J connectivity index is 1.84. The summed E-state index contributed by atoms with van der Waals surface area (Å²) in [6, 6.07) is 8.33. The van der Waals surface area contributed by atoms with Crippen molar-refractivity contribution in [3.8, 4) is 0 Å². The molecule has 4 heteroatoms. The van der Waals surface area contributed by atoms with Crippen LogP contribution in [-0.4, -0.2) is 16.0 Å². The molecule has 0 aliphatic carbocycles. The molecule has 2 rings (SSSR count). The maximum Gasteiger partial charge on any atom is 0.0724 e. The first-order chi connectivity index (χ1) is 8.74. The van der Waals surface area contributed by atoms with E-state index in [9.17, 15) is 0 Å². The molecule has 1 atom stereocenters. The molecule has 0 fully saturated rings. The van der Waals surface area contributed by atoms with Crippen LogP contribution in [0.3, 0.4) is 0 Å². The van der Waals surface area contributed by atoms with Crippen LogP contribution >= 0.6 is 11.6 Å². The van der Waals surface area contributed by atoms with E-state index in [0.717, 1.165) is 23.7 Å². The van der Waals surface area contributed by atoms with E-state index in [1.54, 1.807) is 18.6 Å². The fourth-order valence-corrected chi connectivity index (χ4v) is 2.00. The molecule has 94 valence electrons.